The summed E-state index contributed by atoms with van der Waals surface area (Å²) in [4.78, 5) is 0. The summed E-state index contributed by atoms with van der Waals surface area (Å²) in [6, 6.07) is 0.653. The van der Waals surface area contributed by atoms with Crippen LogP contribution in [-0.4, -0.2) is 25.8 Å². The van der Waals surface area contributed by atoms with E-state index in [0.717, 1.165) is 6.54 Å². The monoisotopic (exact) mass is 229 g/mol. The lowest BCUT2D eigenvalue weighted by Gasteiger charge is -2.31. The Hall–Kier alpha value is -0.0800. The number of unbranched alkanes of at least 4 members (excludes halogenated alkanes) is 1. The molecule has 98 valence electrons. The highest BCUT2D eigenvalue weighted by atomic mass is 16.5. The standard InChI is InChI=1S/C14H31NO/c1-7-9-10-12(8-2)15-11-13(16-6)14(3,4)5/h12-13,15H,7-11H2,1-6H3. The number of rotatable bonds is 8. The molecule has 0 aliphatic rings. The average molecular weight is 229 g/mol. The molecule has 0 amide bonds. The van der Waals surface area contributed by atoms with E-state index in [9.17, 15) is 0 Å². The van der Waals surface area contributed by atoms with Crippen molar-refractivity contribution in [3.05, 3.63) is 0 Å². The molecule has 0 radical (unpaired) electrons. The van der Waals surface area contributed by atoms with Crippen LogP contribution in [0.5, 0.6) is 0 Å². The summed E-state index contributed by atoms with van der Waals surface area (Å²) >= 11 is 0. The van der Waals surface area contributed by atoms with E-state index in [-0.39, 0.29) is 5.41 Å². The third kappa shape index (κ3) is 6.49. The van der Waals surface area contributed by atoms with Crippen molar-refractivity contribution in [3.8, 4) is 0 Å². The maximum absolute atomic E-state index is 5.55. The molecule has 0 aromatic rings. The lowest BCUT2D eigenvalue weighted by molar-refractivity contribution is 0.0153. The summed E-state index contributed by atoms with van der Waals surface area (Å²) in [5, 5.41) is 3.64. The van der Waals surface area contributed by atoms with Gasteiger partial charge in [0.25, 0.3) is 0 Å². The van der Waals surface area contributed by atoms with Crippen LogP contribution in [0.1, 0.15) is 60.3 Å². The van der Waals surface area contributed by atoms with Crippen molar-refractivity contribution in [3.63, 3.8) is 0 Å². The molecule has 0 aliphatic carbocycles. The van der Waals surface area contributed by atoms with Crippen molar-refractivity contribution in [2.75, 3.05) is 13.7 Å². The maximum atomic E-state index is 5.55. The smallest absolute Gasteiger partial charge is 0.0743 e. The Morgan fingerprint density at radius 1 is 1.19 bits per heavy atom. The van der Waals surface area contributed by atoms with Crippen LogP contribution in [0, 0.1) is 5.41 Å². The number of methoxy groups -OCH3 is 1. The predicted molar refractivity (Wildman–Crippen MR) is 71.9 cm³/mol. The normalized spacial score (nSPS) is 16.1. The molecule has 0 spiro atoms. The van der Waals surface area contributed by atoms with E-state index in [1.807, 2.05) is 7.11 Å². The third-order valence-corrected chi connectivity index (χ3v) is 3.24. The molecule has 0 rings (SSSR count). The molecular weight excluding hydrogens is 198 g/mol. The van der Waals surface area contributed by atoms with Crippen LogP contribution in [0.3, 0.4) is 0 Å². The zero-order valence-corrected chi connectivity index (χ0v) is 12.1. The van der Waals surface area contributed by atoms with Gasteiger partial charge in [0.1, 0.15) is 0 Å². The van der Waals surface area contributed by atoms with E-state index < -0.39 is 0 Å². The summed E-state index contributed by atoms with van der Waals surface area (Å²) in [6.07, 6.45) is 5.39. The first-order valence-corrected chi connectivity index (χ1v) is 6.71. The first-order chi connectivity index (χ1) is 7.45. The maximum Gasteiger partial charge on any atom is 0.0743 e. The SMILES string of the molecule is CCCCC(CC)NCC(OC)C(C)(C)C. The Bertz CT molecular complexity index is 163. The van der Waals surface area contributed by atoms with Crippen molar-refractivity contribution < 1.29 is 4.74 Å². The second kappa shape index (κ2) is 8.08. The van der Waals surface area contributed by atoms with Crippen molar-refractivity contribution in [1.82, 2.24) is 5.32 Å². The van der Waals surface area contributed by atoms with Gasteiger partial charge in [0.15, 0.2) is 0 Å². The van der Waals surface area contributed by atoms with E-state index in [4.69, 9.17) is 4.74 Å². The molecule has 0 saturated carbocycles. The molecule has 0 aliphatic heterocycles. The van der Waals surface area contributed by atoms with E-state index in [2.05, 4.69) is 39.9 Å². The highest BCUT2D eigenvalue weighted by molar-refractivity contribution is 4.78. The first-order valence-electron chi connectivity index (χ1n) is 6.71. The minimum atomic E-state index is 0.213. The number of hydrogen-bond acceptors (Lipinski definition) is 2. The second-order valence-electron chi connectivity index (χ2n) is 5.75. The molecular formula is C14H31NO. The minimum absolute atomic E-state index is 0.213. The van der Waals surface area contributed by atoms with E-state index in [1.54, 1.807) is 0 Å². The molecule has 1 N–H and O–H groups in total. The van der Waals surface area contributed by atoms with Crippen LogP contribution in [0.4, 0.5) is 0 Å². The summed E-state index contributed by atoms with van der Waals surface area (Å²) in [5.74, 6) is 0. The average Bonchev–Trinajstić information content (AvgIpc) is 2.21. The van der Waals surface area contributed by atoms with Crippen LogP contribution in [0.25, 0.3) is 0 Å². The zero-order chi connectivity index (χ0) is 12.6. The molecule has 0 bridgehead atoms. The fourth-order valence-corrected chi connectivity index (χ4v) is 1.92. The lowest BCUT2D eigenvalue weighted by atomic mass is 9.88. The van der Waals surface area contributed by atoms with E-state index in [0.29, 0.717) is 12.1 Å². The summed E-state index contributed by atoms with van der Waals surface area (Å²) in [7, 11) is 1.81. The molecule has 0 aromatic heterocycles. The van der Waals surface area contributed by atoms with Gasteiger partial charge in [-0.05, 0) is 18.3 Å². The van der Waals surface area contributed by atoms with E-state index >= 15 is 0 Å². The van der Waals surface area contributed by atoms with Crippen LogP contribution in [-0.2, 0) is 4.74 Å². The first kappa shape index (κ1) is 15.9. The third-order valence-electron chi connectivity index (χ3n) is 3.24. The van der Waals surface area contributed by atoms with Gasteiger partial charge in [-0.15, -0.1) is 0 Å². The molecule has 16 heavy (non-hydrogen) atoms. The van der Waals surface area contributed by atoms with Crippen molar-refractivity contribution in [2.24, 2.45) is 5.41 Å². The van der Waals surface area contributed by atoms with Crippen LogP contribution < -0.4 is 5.32 Å². The number of hydrogen-bond donors (Lipinski definition) is 1. The van der Waals surface area contributed by atoms with Crippen LogP contribution in [0.15, 0.2) is 0 Å². The van der Waals surface area contributed by atoms with Crippen molar-refractivity contribution in [2.45, 2.75) is 72.4 Å². The van der Waals surface area contributed by atoms with Crippen LogP contribution >= 0.6 is 0 Å². The molecule has 2 unspecified atom stereocenters. The van der Waals surface area contributed by atoms with Crippen LogP contribution in [0.2, 0.25) is 0 Å². The van der Waals surface area contributed by atoms with Crippen molar-refractivity contribution >= 4 is 0 Å². The van der Waals surface area contributed by atoms with Gasteiger partial charge in [-0.25, -0.2) is 0 Å². The highest BCUT2D eigenvalue weighted by Gasteiger charge is 2.24. The molecule has 0 fully saturated rings. The number of ether oxygens (including phenoxy) is 1. The van der Waals surface area contributed by atoms with Gasteiger partial charge in [-0.2, -0.15) is 0 Å². The van der Waals surface area contributed by atoms with Gasteiger partial charge < -0.3 is 10.1 Å². The van der Waals surface area contributed by atoms with Gasteiger partial charge >= 0.3 is 0 Å². The number of nitrogens with one attached hydrogen (secondary N) is 1. The Kier molecular flexibility index (Phi) is 8.04. The largest absolute Gasteiger partial charge is 0.380 e. The molecule has 2 nitrogen and oxygen atoms in total. The Morgan fingerprint density at radius 3 is 2.19 bits per heavy atom. The van der Waals surface area contributed by atoms with Gasteiger partial charge in [0, 0.05) is 19.7 Å². The second-order valence-corrected chi connectivity index (χ2v) is 5.75. The Balaban J connectivity index is 3.98. The fourth-order valence-electron chi connectivity index (χ4n) is 1.92. The van der Waals surface area contributed by atoms with Gasteiger partial charge in [0.05, 0.1) is 6.10 Å². The molecule has 0 heterocycles. The quantitative estimate of drug-likeness (QED) is 0.686. The Labute approximate surface area is 102 Å². The molecule has 0 aromatic carbocycles. The zero-order valence-electron chi connectivity index (χ0n) is 12.1. The highest BCUT2D eigenvalue weighted by Crippen LogP contribution is 2.21. The summed E-state index contributed by atoms with van der Waals surface area (Å²) in [6.45, 7) is 12.2. The van der Waals surface area contributed by atoms with Gasteiger partial charge in [-0.3, -0.25) is 0 Å². The van der Waals surface area contributed by atoms with Crippen molar-refractivity contribution in [1.29, 1.82) is 0 Å². The van der Waals surface area contributed by atoms with E-state index in [1.165, 1.54) is 25.7 Å². The summed E-state index contributed by atoms with van der Waals surface area (Å²) in [5.41, 5.74) is 0.213. The predicted octanol–water partition coefficient (Wildman–Crippen LogP) is 3.61. The molecule has 0 saturated heterocycles. The molecule has 2 atom stereocenters. The Morgan fingerprint density at radius 2 is 1.81 bits per heavy atom. The molecule has 2 heteroatoms. The van der Waals surface area contributed by atoms with Gasteiger partial charge in [-0.1, -0.05) is 47.5 Å². The fraction of sp³-hybridized carbons (Fsp3) is 1.00. The lowest BCUT2D eigenvalue weighted by Crippen LogP contribution is -2.42. The minimum Gasteiger partial charge on any atom is -0.380 e. The van der Waals surface area contributed by atoms with Gasteiger partial charge in [0.2, 0.25) is 0 Å². The summed E-state index contributed by atoms with van der Waals surface area (Å²) < 4.78 is 5.55. The topological polar surface area (TPSA) is 21.3 Å².